The number of thioether (sulfide) groups is 1. The van der Waals surface area contributed by atoms with Crippen LogP contribution < -0.4 is 5.43 Å². The van der Waals surface area contributed by atoms with Gasteiger partial charge in [0.05, 0.1) is 5.71 Å². The maximum absolute atomic E-state index is 10.8. The largest absolute Gasteiger partial charge is 0.299 e. The van der Waals surface area contributed by atoms with Crippen molar-refractivity contribution in [3.63, 3.8) is 0 Å². The molecular formula is C9H7ClN2OS. The third-order valence-electron chi connectivity index (χ3n) is 1.78. The molecule has 3 nitrogen and oxygen atoms in total. The molecule has 0 aromatic heterocycles. The number of hydrogen-bond donors (Lipinski definition) is 1. The fourth-order valence-corrected chi connectivity index (χ4v) is 1.93. The van der Waals surface area contributed by atoms with E-state index in [1.165, 1.54) is 11.8 Å². The maximum atomic E-state index is 10.8. The first-order chi connectivity index (χ1) is 6.75. The molecule has 1 N–H and O–H groups in total. The van der Waals surface area contributed by atoms with Gasteiger partial charge in [-0.1, -0.05) is 35.5 Å². The summed E-state index contributed by atoms with van der Waals surface area (Å²) in [7, 11) is 0. The number of rotatable bonds is 1. The Morgan fingerprint density at radius 2 is 2.36 bits per heavy atom. The van der Waals surface area contributed by atoms with Crippen molar-refractivity contribution in [1.29, 1.82) is 0 Å². The van der Waals surface area contributed by atoms with Crippen LogP contribution in [0.1, 0.15) is 5.56 Å². The topological polar surface area (TPSA) is 41.5 Å². The highest BCUT2D eigenvalue weighted by Crippen LogP contribution is 2.16. The zero-order chi connectivity index (χ0) is 9.97. The predicted molar refractivity (Wildman–Crippen MR) is 59.0 cm³/mol. The molecule has 0 atom stereocenters. The number of hydrogen-bond acceptors (Lipinski definition) is 3. The molecule has 1 aromatic carbocycles. The van der Waals surface area contributed by atoms with E-state index < -0.39 is 0 Å². The van der Waals surface area contributed by atoms with Gasteiger partial charge in [0.25, 0.3) is 5.24 Å². The number of hydrazone groups is 1. The van der Waals surface area contributed by atoms with E-state index in [1.807, 2.05) is 18.2 Å². The molecule has 5 heteroatoms. The Morgan fingerprint density at radius 1 is 1.50 bits per heavy atom. The summed E-state index contributed by atoms with van der Waals surface area (Å²) in [5, 5.41) is 4.52. The predicted octanol–water partition coefficient (Wildman–Crippen LogP) is 2.50. The summed E-state index contributed by atoms with van der Waals surface area (Å²) in [5.74, 6) is 0.589. The molecule has 1 aliphatic heterocycles. The van der Waals surface area contributed by atoms with Crippen molar-refractivity contribution in [1.82, 2.24) is 5.43 Å². The molecule has 0 fully saturated rings. The average molecular weight is 227 g/mol. The van der Waals surface area contributed by atoms with E-state index in [1.54, 1.807) is 6.07 Å². The Kier molecular flexibility index (Phi) is 2.74. The van der Waals surface area contributed by atoms with Gasteiger partial charge in [-0.3, -0.25) is 4.79 Å². The van der Waals surface area contributed by atoms with Gasteiger partial charge in [-0.15, -0.1) is 0 Å². The first-order valence-electron chi connectivity index (χ1n) is 4.01. The molecule has 1 aliphatic rings. The lowest BCUT2D eigenvalue weighted by molar-refractivity contribution is 0.261. The Bertz CT molecular complexity index is 406. The van der Waals surface area contributed by atoms with Crippen LogP contribution in [0.4, 0.5) is 4.79 Å². The van der Waals surface area contributed by atoms with Gasteiger partial charge in [0.15, 0.2) is 0 Å². The van der Waals surface area contributed by atoms with Gasteiger partial charge in [-0.05, 0) is 12.1 Å². The average Bonchev–Trinajstić information content (AvgIpc) is 2.19. The SMILES string of the molecule is O=C1NN=C(c2cccc(Cl)c2)CS1. The minimum Gasteiger partial charge on any atom is -0.260 e. The molecule has 1 amide bonds. The Labute approximate surface area is 90.5 Å². The first-order valence-corrected chi connectivity index (χ1v) is 5.37. The smallest absolute Gasteiger partial charge is 0.260 e. The molecule has 2 rings (SSSR count). The second-order valence-electron chi connectivity index (χ2n) is 2.76. The summed E-state index contributed by atoms with van der Waals surface area (Å²) < 4.78 is 0. The van der Waals surface area contributed by atoms with E-state index in [2.05, 4.69) is 10.5 Å². The molecule has 0 saturated carbocycles. The van der Waals surface area contributed by atoms with Gasteiger partial charge in [-0.25, -0.2) is 5.43 Å². The van der Waals surface area contributed by atoms with E-state index in [9.17, 15) is 4.79 Å². The van der Waals surface area contributed by atoms with Crippen LogP contribution in [0.3, 0.4) is 0 Å². The lowest BCUT2D eigenvalue weighted by Crippen LogP contribution is -2.23. The summed E-state index contributed by atoms with van der Waals surface area (Å²) in [4.78, 5) is 10.8. The van der Waals surface area contributed by atoms with Crippen LogP contribution in [0.25, 0.3) is 0 Å². The van der Waals surface area contributed by atoms with Crippen LogP contribution in [-0.4, -0.2) is 16.7 Å². The normalized spacial score (nSPS) is 16.1. The first kappa shape index (κ1) is 9.55. The summed E-state index contributed by atoms with van der Waals surface area (Å²) in [6.07, 6.45) is 0. The minimum atomic E-state index is -0.115. The van der Waals surface area contributed by atoms with E-state index in [-0.39, 0.29) is 5.24 Å². The van der Waals surface area contributed by atoms with Gasteiger partial charge in [-0.2, -0.15) is 5.10 Å². The van der Waals surface area contributed by atoms with Crippen molar-refractivity contribution in [2.75, 3.05) is 5.75 Å². The molecule has 0 bridgehead atoms. The fraction of sp³-hybridized carbons (Fsp3) is 0.111. The molecule has 1 heterocycles. The molecule has 0 spiro atoms. The second-order valence-corrected chi connectivity index (χ2v) is 4.14. The van der Waals surface area contributed by atoms with Crippen LogP contribution in [0.2, 0.25) is 5.02 Å². The van der Waals surface area contributed by atoms with Gasteiger partial charge in [0.1, 0.15) is 0 Å². The number of halogens is 1. The molecule has 72 valence electrons. The number of nitrogens with zero attached hydrogens (tertiary/aromatic N) is 1. The lowest BCUT2D eigenvalue weighted by Gasteiger charge is -2.11. The molecule has 0 aliphatic carbocycles. The van der Waals surface area contributed by atoms with Crippen LogP contribution in [-0.2, 0) is 0 Å². The molecule has 14 heavy (non-hydrogen) atoms. The number of carbonyl (C=O) groups excluding carboxylic acids is 1. The van der Waals surface area contributed by atoms with Crippen molar-refractivity contribution in [2.45, 2.75) is 0 Å². The van der Waals surface area contributed by atoms with E-state index >= 15 is 0 Å². The monoisotopic (exact) mass is 226 g/mol. The highest BCUT2D eigenvalue weighted by Gasteiger charge is 2.13. The summed E-state index contributed by atoms with van der Waals surface area (Å²) >= 11 is 7.05. The van der Waals surface area contributed by atoms with Gasteiger partial charge in [0, 0.05) is 16.3 Å². The zero-order valence-corrected chi connectivity index (χ0v) is 8.73. The van der Waals surface area contributed by atoms with E-state index in [0.717, 1.165) is 11.3 Å². The Morgan fingerprint density at radius 3 is 3.00 bits per heavy atom. The number of carbonyl (C=O) groups is 1. The summed E-state index contributed by atoms with van der Waals surface area (Å²) in [5.41, 5.74) is 4.21. The summed E-state index contributed by atoms with van der Waals surface area (Å²) in [6.45, 7) is 0. The third-order valence-corrected chi connectivity index (χ3v) is 2.79. The van der Waals surface area contributed by atoms with Crippen molar-refractivity contribution in [2.24, 2.45) is 5.10 Å². The van der Waals surface area contributed by atoms with Crippen LogP contribution in [0.15, 0.2) is 29.4 Å². The maximum Gasteiger partial charge on any atom is 0.299 e. The van der Waals surface area contributed by atoms with E-state index in [0.29, 0.717) is 10.8 Å². The lowest BCUT2D eigenvalue weighted by atomic mass is 10.1. The fourth-order valence-electron chi connectivity index (χ4n) is 1.13. The van der Waals surface area contributed by atoms with Crippen LogP contribution in [0, 0.1) is 0 Å². The number of benzene rings is 1. The van der Waals surface area contributed by atoms with Crippen molar-refractivity contribution in [3.05, 3.63) is 34.9 Å². The van der Waals surface area contributed by atoms with Crippen LogP contribution >= 0.6 is 23.4 Å². The highest BCUT2D eigenvalue weighted by molar-refractivity contribution is 8.14. The second kappa shape index (κ2) is 4.02. The Hall–Kier alpha value is -1.000. The number of amides is 1. The molecular weight excluding hydrogens is 220 g/mol. The third kappa shape index (κ3) is 2.08. The van der Waals surface area contributed by atoms with Crippen LogP contribution in [0.5, 0.6) is 0 Å². The molecule has 1 aromatic rings. The molecule has 0 unspecified atom stereocenters. The van der Waals surface area contributed by atoms with Crippen molar-refractivity contribution < 1.29 is 4.79 Å². The highest BCUT2D eigenvalue weighted by atomic mass is 35.5. The minimum absolute atomic E-state index is 0.115. The molecule has 0 radical (unpaired) electrons. The zero-order valence-electron chi connectivity index (χ0n) is 7.16. The number of nitrogens with one attached hydrogen (secondary N) is 1. The van der Waals surface area contributed by atoms with Gasteiger partial charge < -0.3 is 0 Å². The van der Waals surface area contributed by atoms with Crippen molar-refractivity contribution >= 4 is 34.3 Å². The quantitative estimate of drug-likeness (QED) is 0.800. The summed E-state index contributed by atoms with van der Waals surface area (Å²) in [6, 6.07) is 7.42. The van der Waals surface area contributed by atoms with Gasteiger partial charge >= 0.3 is 0 Å². The van der Waals surface area contributed by atoms with Crippen molar-refractivity contribution in [3.8, 4) is 0 Å². The van der Waals surface area contributed by atoms with E-state index in [4.69, 9.17) is 11.6 Å². The molecule has 0 saturated heterocycles. The Balaban J connectivity index is 2.27. The standard InChI is InChI=1S/C9H7ClN2OS/c10-7-3-1-2-6(4-7)8-5-14-9(13)12-11-8/h1-4H,5H2,(H,12,13). The van der Waals surface area contributed by atoms with Gasteiger partial charge in [0.2, 0.25) is 0 Å².